The molecule has 138 valence electrons. The van der Waals surface area contributed by atoms with Crippen molar-refractivity contribution >= 4 is 16.5 Å². The lowest BCUT2D eigenvalue weighted by molar-refractivity contribution is 0.403. The number of rotatable bonds is 5. The van der Waals surface area contributed by atoms with Crippen LogP contribution in [-0.4, -0.2) is 11.7 Å². The van der Waals surface area contributed by atoms with Crippen molar-refractivity contribution in [1.29, 1.82) is 5.26 Å². The molecule has 5 heteroatoms. The zero-order chi connectivity index (χ0) is 19.5. The van der Waals surface area contributed by atoms with Crippen LogP contribution in [0.4, 0.5) is 5.69 Å². The Kier molecular flexibility index (Phi) is 4.61. The highest BCUT2D eigenvalue weighted by molar-refractivity contribution is 5.85. The summed E-state index contributed by atoms with van der Waals surface area (Å²) in [6, 6.07) is 25.4. The minimum absolute atomic E-state index is 0.416. The molecular weight excluding hydrogens is 350 g/mol. The van der Waals surface area contributed by atoms with Gasteiger partial charge < -0.3 is 15.2 Å². The van der Waals surface area contributed by atoms with Gasteiger partial charge in [0.2, 0.25) is 5.88 Å². The number of nitrogens with two attached hydrogens (primary N) is 1. The Balaban J connectivity index is 1.77. The number of methoxy groups -OCH3 is 1. The molecule has 4 rings (SSSR count). The fourth-order valence-electron chi connectivity index (χ4n) is 3.29. The van der Waals surface area contributed by atoms with Crippen LogP contribution in [-0.2, 0) is 6.54 Å². The summed E-state index contributed by atoms with van der Waals surface area (Å²) < 4.78 is 13.1. The number of fused-ring (bicyclic) bond motifs is 1. The van der Waals surface area contributed by atoms with Gasteiger partial charge in [0.15, 0.2) is 0 Å². The maximum atomic E-state index is 9.59. The Morgan fingerprint density at radius 3 is 2.54 bits per heavy atom. The standard InChI is InChI=1S/C23H19N3O2/c1-27-19-9-5-10-20(13-19)28-23-22(25)12-18(14-24)26(23)15-17-8-4-7-16-6-2-3-11-21(16)17/h2-13H,15,25H2,1H3. The van der Waals surface area contributed by atoms with Gasteiger partial charge in [-0.15, -0.1) is 0 Å². The van der Waals surface area contributed by atoms with Gasteiger partial charge in [-0.05, 0) is 28.5 Å². The molecule has 0 aliphatic carbocycles. The molecule has 3 aromatic carbocycles. The SMILES string of the molecule is COc1cccc(Oc2c(N)cc(C#N)n2Cc2cccc3ccccc23)c1. The molecule has 1 heterocycles. The van der Waals surface area contributed by atoms with Crippen molar-refractivity contribution in [3.8, 4) is 23.4 Å². The normalized spacial score (nSPS) is 10.6. The average molecular weight is 369 g/mol. The number of benzene rings is 3. The first-order valence-corrected chi connectivity index (χ1v) is 8.87. The molecule has 4 aromatic rings. The summed E-state index contributed by atoms with van der Waals surface area (Å²) in [7, 11) is 1.60. The minimum atomic E-state index is 0.416. The first-order valence-electron chi connectivity index (χ1n) is 8.87. The van der Waals surface area contributed by atoms with Crippen LogP contribution in [0.1, 0.15) is 11.3 Å². The van der Waals surface area contributed by atoms with Crippen LogP contribution < -0.4 is 15.2 Å². The quantitative estimate of drug-likeness (QED) is 0.540. The van der Waals surface area contributed by atoms with Crippen LogP contribution in [0.3, 0.4) is 0 Å². The van der Waals surface area contributed by atoms with Gasteiger partial charge in [-0.2, -0.15) is 5.26 Å². The molecule has 0 spiro atoms. The van der Waals surface area contributed by atoms with Crippen LogP contribution in [0.25, 0.3) is 10.8 Å². The van der Waals surface area contributed by atoms with Crippen LogP contribution in [0, 0.1) is 11.3 Å². The average Bonchev–Trinajstić information content (AvgIpc) is 3.03. The van der Waals surface area contributed by atoms with E-state index in [4.69, 9.17) is 15.2 Å². The van der Waals surface area contributed by atoms with E-state index in [9.17, 15) is 5.26 Å². The fraction of sp³-hybridized carbons (Fsp3) is 0.0870. The second kappa shape index (κ2) is 7.37. The summed E-state index contributed by atoms with van der Waals surface area (Å²) in [5, 5.41) is 11.9. The summed E-state index contributed by atoms with van der Waals surface area (Å²) in [5.74, 6) is 1.72. The van der Waals surface area contributed by atoms with E-state index in [0.29, 0.717) is 35.3 Å². The Morgan fingerprint density at radius 1 is 0.964 bits per heavy atom. The van der Waals surface area contributed by atoms with Gasteiger partial charge in [0.05, 0.1) is 19.3 Å². The topological polar surface area (TPSA) is 73.2 Å². The molecule has 2 N–H and O–H groups in total. The Morgan fingerprint density at radius 2 is 1.71 bits per heavy atom. The lowest BCUT2D eigenvalue weighted by Crippen LogP contribution is -2.05. The fourth-order valence-corrected chi connectivity index (χ4v) is 3.29. The summed E-state index contributed by atoms with van der Waals surface area (Å²) in [6.07, 6.45) is 0. The van der Waals surface area contributed by atoms with Gasteiger partial charge in [-0.25, -0.2) is 0 Å². The smallest absolute Gasteiger partial charge is 0.224 e. The summed E-state index contributed by atoms with van der Waals surface area (Å²) >= 11 is 0. The number of anilines is 1. The first kappa shape index (κ1) is 17.5. The lowest BCUT2D eigenvalue weighted by atomic mass is 10.0. The molecule has 0 unspecified atom stereocenters. The number of hydrogen-bond donors (Lipinski definition) is 1. The van der Waals surface area contributed by atoms with E-state index >= 15 is 0 Å². The van der Waals surface area contributed by atoms with E-state index in [1.54, 1.807) is 23.8 Å². The van der Waals surface area contributed by atoms with E-state index in [2.05, 4.69) is 30.3 Å². The Hall–Kier alpha value is -3.91. The molecule has 0 atom stereocenters. The van der Waals surface area contributed by atoms with E-state index < -0.39 is 0 Å². The Bertz CT molecular complexity index is 1180. The van der Waals surface area contributed by atoms with Crippen LogP contribution in [0.2, 0.25) is 0 Å². The summed E-state index contributed by atoms with van der Waals surface area (Å²) in [6.45, 7) is 0.473. The molecule has 0 fully saturated rings. The van der Waals surface area contributed by atoms with Crippen LogP contribution in [0.5, 0.6) is 17.4 Å². The largest absolute Gasteiger partial charge is 0.497 e. The third kappa shape index (κ3) is 3.24. The van der Waals surface area contributed by atoms with E-state index in [0.717, 1.165) is 16.3 Å². The van der Waals surface area contributed by atoms with Gasteiger partial charge in [-0.3, -0.25) is 4.57 Å². The van der Waals surface area contributed by atoms with Crippen molar-refractivity contribution in [3.63, 3.8) is 0 Å². The highest BCUT2D eigenvalue weighted by atomic mass is 16.5. The number of aromatic nitrogens is 1. The third-order valence-corrected chi connectivity index (χ3v) is 4.65. The van der Waals surface area contributed by atoms with Crippen molar-refractivity contribution in [1.82, 2.24) is 4.57 Å². The second-order valence-electron chi connectivity index (χ2n) is 6.41. The second-order valence-corrected chi connectivity index (χ2v) is 6.41. The number of nitriles is 1. The maximum absolute atomic E-state index is 9.59. The van der Waals surface area contributed by atoms with Gasteiger partial charge in [0.25, 0.3) is 0 Å². The molecule has 0 amide bonds. The van der Waals surface area contributed by atoms with Crippen LogP contribution >= 0.6 is 0 Å². The molecule has 0 saturated carbocycles. The molecule has 1 aromatic heterocycles. The molecule has 0 bridgehead atoms. The predicted octanol–water partition coefficient (Wildman–Crippen LogP) is 4.94. The Labute approximate surface area is 163 Å². The molecule has 0 aliphatic heterocycles. The number of hydrogen-bond acceptors (Lipinski definition) is 4. The van der Waals surface area contributed by atoms with Gasteiger partial charge in [0.1, 0.15) is 23.3 Å². The van der Waals surface area contributed by atoms with Crippen LogP contribution in [0.15, 0.2) is 72.8 Å². The highest BCUT2D eigenvalue weighted by Crippen LogP contribution is 2.34. The number of nitrogens with zero attached hydrogens (tertiary/aromatic N) is 2. The summed E-state index contributed by atoms with van der Waals surface area (Å²) in [4.78, 5) is 0. The molecule has 0 saturated heterocycles. The van der Waals surface area contributed by atoms with E-state index in [1.807, 2.05) is 36.4 Å². The number of nitrogen functional groups attached to an aromatic ring is 1. The molecule has 0 radical (unpaired) electrons. The summed E-state index contributed by atoms with van der Waals surface area (Å²) in [5.41, 5.74) is 8.12. The third-order valence-electron chi connectivity index (χ3n) is 4.65. The van der Waals surface area contributed by atoms with Crippen molar-refractivity contribution in [2.24, 2.45) is 0 Å². The minimum Gasteiger partial charge on any atom is -0.497 e. The molecular formula is C23H19N3O2. The van der Waals surface area contributed by atoms with Crippen molar-refractivity contribution in [3.05, 3.63) is 84.1 Å². The highest BCUT2D eigenvalue weighted by Gasteiger charge is 2.17. The van der Waals surface area contributed by atoms with Crippen molar-refractivity contribution in [2.45, 2.75) is 6.54 Å². The zero-order valence-electron chi connectivity index (χ0n) is 15.4. The predicted molar refractivity (Wildman–Crippen MR) is 110 cm³/mol. The number of ether oxygens (including phenoxy) is 2. The van der Waals surface area contributed by atoms with E-state index in [1.165, 1.54) is 0 Å². The van der Waals surface area contributed by atoms with Gasteiger partial charge in [0, 0.05) is 12.1 Å². The monoisotopic (exact) mass is 369 g/mol. The molecule has 28 heavy (non-hydrogen) atoms. The van der Waals surface area contributed by atoms with E-state index in [-0.39, 0.29) is 0 Å². The van der Waals surface area contributed by atoms with Gasteiger partial charge >= 0.3 is 0 Å². The van der Waals surface area contributed by atoms with Crippen molar-refractivity contribution < 1.29 is 9.47 Å². The maximum Gasteiger partial charge on any atom is 0.224 e. The lowest BCUT2D eigenvalue weighted by Gasteiger charge is -2.14. The molecule has 5 nitrogen and oxygen atoms in total. The van der Waals surface area contributed by atoms with Gasteiger partial charge in [-0.1, -0.05) is 48.5 Å². The van der Waals surface area contributed by atoms with Crippen molar-refractivity contribution in [2.75, 3.05) is 12.8 Å². The zero-order valence-corrected chi connectivity index (χ0v) is 15.4. The first-order chi connectivity index (χ1) is 13.7. The molecule has 0 aliphatic rings.